The molecule has 0 heterocycles. The number of hydrogen-bond donors (Lipinski definition) is 1. The van der Waals surface area contributed by atoms with Gasteiger partial charge in [-0.15, -0.1) is 0 Å². The van der Waals surface area contributed by atoms with Gasteiger partial charge in [-0.05, 0) is 49.8 Å². The fourth-order valence-corrected chi connectivity index (χ4v) is 2.48. The van der Waals surface area contributed by atoms with E-state index in [0.717, 1.165) is 36.4 Å². The van der Waals surface area contributed by atoms with Crippen molar-refractivity contribution in [1.82, 2.24) is 4.90 Å². The Labute approximate surface area is 126 Å². The quantitative estimate of drug-likeness (QED) is 0.843. The second-order valence-corrected chi connectivity index (χ2v) is 5.99. The van der Waals surface area contributed by atoms with Gasteiger partial charge in [-0.1, -0.05) is 17.9 Å². The maximum absolute atomic E-state index is 12.7. The van der Waals surface area contributed by atoms with Crippen LogP contribution < -0.4 is 0 Å². The first-order valence-corrected chi connectivity index (χ1v) is 7.78. The molecular formula is C18H21NO2. The number of nitrogens with zero attached hydrogens (tertiary/aromatic N) is 1. The Balaban J connectivity index is 1.73. The van der Waals surface area contributed by atoms with E-state index in [4.69, 9.17) is 5.11 Å². The van der Waals surface area contributed by atoms with Crippen LogP contribution >= 0.6 is 0 Å². The topological polar surface area (TPSA) is 40.5 Å². The van der Waals surface area contributed by atoms with Gasteiger partial charge in [0.15, 0.2) is 0 Å². The summed E-state index contributed by atoms with van der Waals surface area (Å²) in [5.41, 5.74) is 1.58. The highest BCUT2D eigenvalue weighted by Gasteiger charge is 2.36. The summed E-state index contributed by atoms with van der Waals surface area (Å²) in [5, 5.41) is 8.75. The average molecular weight is 283 g/mol. The van der Waals surface area contributed by atoms with Crippen molar-refractivity contribution in [2.45, 2.75) is 38.1 Å². The summed E-state index contributed by atoms with van der Waals surface area (Å²) in [7, 11) is 0. The standard InChI is InChI=1S/C18H21NO2/c20-11-2-1-4-14-5-3-6-16(12-14)18(21)19(17-9-10-17)13-15-7-8-15/h3,5-6,12,15,17,20H,2,7-11,13H2. The van der Waals surface area contributed by atoms with E-state index in [1.54, 1.807) is 0 Å². The van der Waals surface area contributed by atoms with Crippen LogP contribution in [0.4, 0.5) is 0 Å². The van der Waals surface area contributed by atoms with Crippen molar-refractivity contribution < 1.29 is 9.90 Å². The molecule has 0 spiro atoms. The predicted molar refractivity (Wildman–Crippen MR) is 81.8 cm³/mol. The highest BCUT2D eigenvalue weighted by Crippen LogP contribution is 2.35. The number of benzene rings is 1. The van der Waals surface area contributed by atoms with Crippen LogP contribution in [0.2, 0.25) is 0 Å². The van der Waals surface area contributed by atoms with Crippen LogP contribution in [-0.4, -0.2) is 35.1 Å². The van der Waals surface area contributed by atoms with E-state index in [2.05, 4.69) is 16.7 Å². The third-order valence-electron chi connectivity index (χ3n) is 3.98. The maximum atomic E-state index is 12.7. The molecule has 3 nitrogen and oxygen atoms in total. The largest absolute Gasteiger partial charge is 0.395 e. The lowest BCUT2D eigenvalue weighted by Gasteiger charge is -2.22. The highest BCUT2D eigenvalue weighted by molar-refractivity contribution is 5.95. The van der Waals surface area contributed by atoms with E-state index in [1.807, 2.05) is 24.3 Å². The van der Waals surface area contributed by atoms with E-state index < -0.39 is 0 Å². The van der Waals surface area contributed by atoms with Crippen molar-refractivity contribution >= 4 is 5.91 Å². The molecule has 1 amide bonds. The van der Waals surface area contributed by atoms with Gasteiger partial charge in [-0.25, -0.2) is 0 Å². The Kier molecular flexibility index (Phi) is 4.26. The van der Waals surface area contributed by atoms with Crippen molar-refractivity contribution in [3.63, 3.8) is 0 Å². The molecule has 21 heavy (non-hydrogen) atoms. The Morgan fingerprint density at radius 2 is 2.10 bits per heavy atom. The number of aliphatic hydroxyl groups excluding tert-OH is 1. The zero-order chi connectivity index (χ0) is 14.7. The van der Waals surface area contributed by atoms with Crippen LogP contribution in [0.15, 0.2) is 24.3 Å². The number of carbonyl (C=O) groups excluding carboxylic acids is 1. The van der Waals surface area contributed by atoms with Gasteiger partial charge in [0.2, 0.25) is 0 Å². The summed E-state index contributed by atoms with van der Waals surface area (Å²) < 4.78 is 0. The number of aliphatic hydroxyl groups is 1. The Bertz CT molecular complexity index is 576. The summed E-state index contributed by atoms with van der Waals surface area (Å²) >= 11 is 0. The number of rotatable bonds is 5. The smallest absolute Gasteiger partial charge is 0.254 e. The van der Waals surface area contributed by atoms with Crippen LogP contribution in [0, 0.1) is 17.8 Å². The third-order valence-corrected chi connectivity index (χ3v) is 3.98. The fraction of sp³-hybridized carbons (Fsp3) is 0.500. The molecule has 2 aliphatic carbocycles. The first-order valence-electron chi connectivity index (χ1n) is 7.78. The molecule has 110 valence electrons. The van der Waals surface area contributed by atoms with Gasteiger partial charge < -0.3 is 10.0 Å². The van der Waals surface area contributed by atoms with E-state index in [9.17, 15) is 4.79 Å². The van der Waals surface area contributed by atoms with E-state index in [0.29, 0.717) is 12.5 Å². The molecule has 0 aliphatic heterocycles. The molecule has 1 N–H and O–H groups in total. The summed E-state index contributed by atoms with van der Waals surface area (Å²) in [5.74, 6) is 6.77. The molecule has 1 aromatic rings. The molecule has 0 unspecified atom stereocenters. The fourth-order valence-electron chi connectivity index (χ4n) is 2.48. The monoisotopic (exact) mass is 283 g/mol. The third kappa shape index (κ3) is 3.86. The molecule has 3 heteroatoms. The van der Waals surface area contributed by atoms with E-state index >= 15 is 0 Å². The van der Waals surface area contributed by atoms with Gasteiger partial charge >= 0.3 is 0 Å². The predicted octanol–water partition coefficient (Wildman–Crippen LogP) is 2.44. The minimum atomic E-state index is 0.0719. The highest BCUT2D eigenvalue weighted by atomic mass is 16.2. The van der Waals surface area contributed by atoms with Gasteiger partial charge in [-0.3, -0.25) is 4.79 Å². The molecule has 2 saturated carbocycles. The second-order valence-electron chi connectivity index (χ2n) is 5.99. The lowest BCUT2D eigenvalue weighted by molar-refractivity contribution is 0.0734. The summed E-state index contributed by atoms with van der Waals surface area (Å²) in [6.07, 6.45) is 5.29. The van der Waals surface area contributed by atoms with E-state index in [1.165, 1.54) is 12.8 Å². The Hall–Kier alpha value is -1.79. The van der Waals surface area contributed by atoms with Gasteiger partial charge in [-0.2, -0.15) is 0 Å². The Morgan fingerprint density at radius 3 is 2.76 bits per heavy atom. The normalized spacial score (nSPS) is 17.0. The molecule has 2 fully saturated rings. The molecule has 0 saturated heterocycles. The number of carbonyl (C=O) groups is 1. The number of amides is 1. The van der Waals surface area contributed by atoms with Crippen LogP contribution in [0.3, 0.4) is 0 Å². The molecule has 3 rings (SSSR count). The summed E-state index contributed by atoms with van der Waals surface area (Å²) in [6.45, 7) is 0.992. The second kappa shape index (κ2) is 6.32. The van der Waals surface area contributed by atoms with Crippen LogP contribution in [0.5, 0.6) is 0 Å². The zero-order valence-electron chi connectivity index (χ0n) is 12.2. The van der Waals surface area contributed by atoms with Crippen molar-refractivity contribution in [3.8, 4) is 11.8 Å². The molecular weight excluding hydrogens is 262 g/mol. The lowest BCUT2D eigenvalue weighted by atomic mass is 10.1. The van der Waals surface area contributed by atoms with Gasteiger partial charge in [0, 0.05) is 30.1 Å². The molecule has 1 aromatic carbocycles. The minimum Gasteiger partial charge on any atom is -0.395 e. The van der Waals surface area contributed by atoms with Crippen molar-refractivity contribution in [3.05, 3.63) is 35.4 Å². The van der Waals surface area contributed by atoms with E-state index in [-0.39, 0.29) is 12.5 Å². The van der Waals surface area contributed by atoms with Crippen LogP contribution in [0.1, 0.15) is 48.0 Å². The van der Waals surface area contributed by atoms with Crippen LogP contribution in [-0.2, 0) is 0 Å². The maximum Gasteiger partial charge on any atom is 0.254 e. The first kappa shape index (κ1) is 14.2. The van der Waals surface area contributed by atoms with Crippen LogP contribution in [0.25, 0.3) is 0 Å². The lowest BCUT2D eigenvalue weighted by Crippen LogP contribution is -2.34. The molecule has 0 atom stereocenters. The molecule has 0 aromatic heterocycles. The SMILES string of the molecule is O=C(c1cccc(C#CCCO)c1)N(CC1CC1)C1CC1. The summed E-state index contributed by atoms with van der Waals surface area (Å²) in [4.78, 5) is 14.8. The Morgan fingerprint density at radius 1 is 1.29 bits per heavy atom. The molecule has 0 radical (unpaired) electrons. The van der Waals surface area contributed by atoms with Gasteiger partial charge in [0.25, 0.3) is 5.91 Å². The van der Waals surface area contributed by atoms with Gasteiger partial charge in [0.05, 0.1) is 6.61 Å². The average Bonchev–Trinajstić information content (AvgIpc) is 3.38. The molecule has 0 bridgehead atoms. The summed E-state index contributed by atoms with van der Waals surface area (Å²) in [6, 6.07) is 8.00. The minimum absolute atomic E-state index is 0.0719. The van der Waals surface area contributed by atoms with Crippen molar-refractivity contribution in [1.29, 1.82) is 0 Å². The molecule has 2 aliphatic rings. The zero-order valence-corrected chi connectivity index (χ0v) is 12.2. The van der Waals surface area contributed by atoms with Crippen molar-refractivity contribution in [2.75, 3.05) is 13.2 Å². The van der Waals surface area contributed by atoms with Crippen molar-refractivity contribution in [2.24, 2.45) is 5.92 Å². The first-order chi connectivity index (χ1) is 10.3. The number of hydrogen-bond acceptors (Lipinski definition) is 2. The van der Waals surface area contributed by atoms with Gasteiger partial charge in [0.1, 0.15) is 0 Å².